The van der Waals surface area contributed by atoms with Crippen LogP contribution in [0.5, 0.6) is 5.75 Å². The van der Waals surface area contributed by atoms with Crippen molar-refractivity contribution in [2.24, 2.45) is 16.8 Å². The van der Waals surface area contributed by atoms with E-state index in [2.05, 4.69) is 29.0 Å². The predicted molar refractivity (Wildman–Crippen MR) is 139 cm³/mol. The molecule has 2 N–H and O–H groups in total. The molecule has 2 aliphatic heterocycles. The number of piperazine rings is 1. The number of benzene rings is 2. The Labute approximate surface area is 213 Å². The number of ketones is 1. The summed E-state index contributed by atoms with van der Waals surface area (Å²) in [5, 5.41) is 6.62. The van der Waals surface area contributed by atoms with Crippen LogP contribution in [0.4, 0.5) is 0 Å². The van der Waals surface area contributed by atoms with E-state index in [1.165, 1.54) is 0 Å². The van der Waals surface area contributed by atoms with E-state index in [0.717, 1.165) is 50.1 Å². The normalized spacial score (nSPS) is 20.1. The molecule has 0 spiro atoms. The summed E-state index contributed by atoms with van der Waals surface area (Å²) in [5.74, 6) is 0.104. The van der Waals surface area contributed by atoms with Gasteiger partial charge < -0.3 is 14.4 Å². The van der Waals surface area contributed by atoms with Crippen LogP contribution in [0.25, 0.3) is 0 Å². The fourth-order valence-corrected chi connectivity index (χ4v) is 4.35. The molecule has 0 saturated carbocycles. The second-order valence-corrected chi connectivity index (χ2v) is 9.60. The molecule has 2 unspecified atom stereocenters. The van der Waals surface area contributed by atoms with E-state index in [4.69, 9.17) is 15.2 Å². The number of hydrogen-bond donors (Lipinski definition) is 1. The average Bonchev–Trinajstić information content (AvgIpc) is 2.88. The molecule has 0 aromatic heterocycles. The smallest absolute Gasteiger partial charge is 0.306 e. The van der Waals surface area contributed by atoms with E-state index < -0.39 is 6.23 Å². The average molecular weight is 493 g/mol. The summed E-state index contributed by atoms with van der Waals surface area (Å²) in [4.78, 5) is 27.5. The van der Waals surface area contributed by atoms with E-state index in [-0.39, 0.29) is 24.1 Å². The van der Waals surface area contributed by atoms with Gasteiger partial charge in [-0.05, 0) is 37.1 Å². The zero-order valence-corrected chi connectivity index (χ0v) is 21.2. The van der Waals surface area contributed by atoms with E-state index >= 15 is 0 Å². The number of fused-ring (bicyclic) bond motifs is 1. The van der Waals surface area contributed by atoms with Gasteiger partial charge in [0.25, 0.3) is 0 Å². The third kappa shape index (κ3) is 6.71. The lowest BCUT2D eigenvalue weighted by molar-refractivity contribution is -0.145. The lowest BCUT2D eigenvalue weighted by atomic mass is 9.90. The molecule has 1 fully saturated rings. The van der Waals surface area contributed by atoms with Crippen LogP contribution in [-0.2, 0) is 16.0 Å². The maximum atomic E-state index is 13.1. The molecule has 8 heteroatoms. The standard InChI is InChI=1S/C28H36N4O4/c1-3-4-15-35-26(33)18-24-16-22-9-10-23(17-25(22)36-28(24)29)27(34)21-7-5-20(6-8-21)19-30-32-13-11-31(2)12-14-32/h5-10,17,19,24,28H,3-4,11-16,18,29H2,1-2H3. The highest BCUT2D eigenvalue weighted by molar-refractivity contribution is 6.09. The number of carbonyl (C=O) groups excluding carboxylic acids is 2. The Kier molecular flexibility index (Phi) is 8.72. The van der Waals surface area contributed by atoms with Gasteiger partial charge in [0.2, 0.25) is 0 Å². The number of rotatable bonds is 9. The molecule has 4 rings (SSSR count). The summed E-state index contributed by atoms with van der Waals surface area (Å²) >= 11 is 0. The fraction of sp³-hybridized carbons (Fsp3) is 0.464. The number of carbonyl (C=O) groups is 2. The van der Waals surface area contributed by atoms with Crippen LogP contribution in [0.2, 0.25) is 0 Å². The zero-order chi connectivity index (χ0) is 25.5. The first kappa shape index (κ1) is 25.9. The van der Waals surface area contributed by atoms with Gasteiger partial charge in [0.15, 0.2) is 12.0 Å². The predicted octanol–water partition coefficient (Wildman–Crippen LogP) is 3.07. The second-order valence-electron chi connectivity index (χ2n) is 9.60. The molecule has 0 bridgehead atoms. The molecule has 2 atom stereocenters. The van der Waals surface area contributed by atoms with Crippen molar-refractivity contribution in [2.75, 3.05) is 39.8 Å². The van der Waals surface area contributed by atoms with Crippen molar-refractivity contribution in [2.45, 2.75) is 38.8 Å². The third-order valence-corrected chi connectivity index (χ3v) is 6.75. The highest BCUT2D eigenvalue weighted by Crippen LogP contribution is 2.32. The Morgan fingerprint density at radius 2 is 1.83 bits per heavy atom. The lowest BCUT2D eigenvalue weighted by Gasteiger charge is -2.30. The maximum Gasteiger partial charge on any atom is 0.306 e. The second kappa shape index (κ2) is 12.1. The fourth-order valence-electron chi connectivity index (χ4n) is 4.35. The minimum absolute atomic E-state index is 0.0841. The first-order valence-electron chi connectivity index (χ1n) is 12.8. The number of nitrogens with zero attached hydrogens (tertiary/aromatic N) is 3. The maximum absolute atomic E-state index is 13.1. The Morgan fingerprint density at radius 3 is 2.56 bits per heavy atom. The molecule has 36 heavy (non-hydrogen) atoms. The Balaban J connectivity index is 1.36. The van der Waals surface area contributed by atoms with Crippen LogP contribution in [0.1, 0.15) is 53.2 Å². The van der Waals surface area contributed by atoms with Crippen molar-refractivity contribution >= 4 is 18.0 Å². The summed E-state index contributed by atoms with van der Waals surface area (Å²) in [6.45, 7) is 6.33. The molecule has 0 aliphatic carbocycles. The monoisotopic (exact) mass is 492 g/mol. The van der Waals surface area contributed by atoms with Gasteiger partial charge in [-0.25, -0.2) is 0 Å². The Morgan fingerprint density at radius 1 is 1.11 bits per heavy atom. The van der Waals surface area contributed by atoms with Gasteiger partial charge in [-0.3, -0.25) is 20.3 Å². The number of nitrogens with two attached hydrogens (primary N) is 1. The number of unbranched alkanes of at least 4 members (excludes halogenated alkanes) is 1. The molecule has 0 amide bonds. The van der Waals surface area contributed by atoms with Gasteiger partial charge in [-0.1, -0.05) is 49.7 Å². The molecule has 1 saturated heterocycles. The van der Waals surface area contributed by atoms with Crippen LogP contribution < -0.4 is 10.5 Å². The van der Waals surface area contributed by atoms with Crippen LogP contribution in [0.3, 0.4) is 0 Å². The van der Waals surface area contributed by atoms with Crippen LogP contribution >= 0.6 is 0 Å². The van der Waals surface area contributed by atoms with Crippen LogP contribution in [-0.4, -0.2) is 73.9 Å². The zero-order valence-electron chi connectivity index (χ0n) is 21.2. The molecule has 0 radical (unpaired) electrons. The van der Waals surface area contributed by atoms with E-state index in [0.29, 0.717) is 29.9 Å². The number of esters is 1. The Hall–Kier alpha value is -3.23. The molecular formula is C28H36N4O4. The van der Waals surface area contributed by atoms with Crippen molar-refractivity contribution < 1.29 is 19.1 Å². The van der Waals surface area contributed by atoms with Gasteiger partial charge in [0.1, 0.15) is 5.75 Å². The molecular weight excluding hydrogens is 456 g/mol. The molecule has 2 aromatic carbocycles. The topological polar surface area (TPSA) is 97.5 Å². The van der Waals surface area contributed by atoms with Gasteiger partial charge in [-0.15, -0.1) is 0 Å². The minimum Gasteiger partial charge on any atom is -0.475 e. The highest BCUT2D eigenvalue weighted by atomic mass is 16.5. The number of hydrogen-bond acceptors (Lipinski definition) is 8. The van der Waals surface area contributed by atoms with E-state index in [1.807, 2.05) is 36.5 Å². The molecule has 2 aliphatic rings. The minimum atomic E-state index is -0.625. The van der Waals surface area contributed by atoms with Gasteiger partial charge >= 0.3 is 5.97 Å². The molecule has 2 aromatic rings. The third-order valence-electron chi connectivity index (χ3n) is 6.75. The van der Waals surface area contributed by atoms with E-state index in [1.54, 1.807) is 12.1 Å². The molecule has 8 nitrogen and oxygen atoms in total. The number of likely N-dealkylation sites (N-methyl/N-ethyl adjacent to an activating group) is 1. The summed E-state index contributed by atoms with van der Waals surface area (Å²) in [7, 11) is 2.12. The van der Waals surface area contributed by atoms with Crippen LogP contribution in [0, 0.1) is 5.92 Å². The highest BCUT2D eigenvalue weighted by Gasteiger charge is 2.30. The first-order valence-corrected chi connectivity index (χ1v) is 12.8. The van der Waals surface area contributed by atoms with Crippen LogP contribution in [0.15, 0.2) is 47.6 Å². The van der Waals surface area contributed by atoms with Gasteiger partial charge in [-0.2, -0.15) is 5.10 Å². The summed E-state index contributed by atoms with van der Waals surface area (Å²) in [5.41, 5.74) is 9.23. The lowest BCUT2D eigenvalue weighted by Crippen LogP contribution is -2.41. The largest absolute Gasteiger partial charge is 0.475 e. The molecule has 2 heterocycles. The van der Waals surface area contributed by atoms with Crippen molar-refractivity contribution in [3.05, 3.63) is 64.7 Å². The quantitative estimate of drug-likeness (QED) is 0.249. The van der Waals surface area contributed by atoms with Crippen molar-refractivity contribution in [1.82, 2.24) is 9.91 Å². The Bertz CT molecular complexity index is 1080. The SMILES string of the molecule is CCCCOC(=O)CC1Cc2ccc(C(=O)c3ccc(C=NN4CCN(C)CC4)cc3)cc2OC1N. The van der Waals surface area contributed by atoms with Crippen molar-refractivity contribution in [3.8, 4) is 5.75 Å². The molecule has 192 valence electrons. The van der Waals surface area contributed by atoms with Crippen molar-refractivity contribution in [3.63, 3.8) is 0 Å². The first-order chi connectivity index (χ1) is 17.4. The van der Waals surface area contributed by atoms with Gasteiger partial charge in [0.05, 0.1) is 19.2 Å². The summed E-state index contributed by atoms with van der Waals surface area (Å²) in [6, 6.07) is 12.9. The summed E-state index contributed by atoms with van der Waals surface area (Å²) < 4.78 is 11.2. The summed E-state index contributed by atoms with van der Waals surface area (Å²) in [6.07, 6.45) is 3.86. The van der Waals surface area contributed by atoms with E-state index in [9.17, 15) is 9.59 Å². The van der Waals surface area contributed by atoms with Gasteiger partial charge in [0, 0.05) is 43.2 Å². The van der Waals surface area contributed by atoms with Crippen molar-refractivity contribution in [1.29, 1.82) is 0 Å². The number of ether oxygens (including phenoxy) is 2. The number of hydrazone groups is 1.